The van der Waals surface area contributed by atoms with Crippen LogP contribution in [-0.4, -0.2) is 57.4 Å². The van der Waals surface area contributed by atoms with Crippen LogP contribution in [0.15, 0.2) is 24.3 Å². The van der Waals surface area contributed by atoms with Gasteiger partial charge in [0.1, 0.15) is 0 Å². The average molecular weight is 388 g/mol. The number of likely N-dealkylation sites (N-methyl/N-ethyl adjacent to an activating group) is 1. The van der Waals surface area contributed by atoms with Crippen LogP contribution in [0.2, 0.25) is 5.02 Å². The summed E-state index contributed by atoms with van der Waals surface area (Å²) in [5.41, 5.74) is 1.20. The number of hydrogen-bond donors (Lipinski definition) is 2. The number of benzene rings is 1. The smallest absolute Gasteiger partial charge is 0.0623 e. The highest BCUT2D eigenvalue weighted by Gasteiger charge is 2.35. The molecule has 2 fully saturated rings. The molecule has 0 radical (unpaired) electrons. The highest BCUT2D eigenvalue weighted by Crippen LogP contribution is 2.31. The van der Waals surface area contributed by atoms with Crippen LogP contribution in [0.5, 0.6) is 0 Å². The molecule has 0 amide bonds. The second-order valence-corrected chi connectivity index (χ2v) is 7.65. The van der Waals surface area contributed by atoms with Gasteiger partial charge in [0.05, 0.1) is 13.2 Å². The highest BCUT2D eigenvalue weighted by atomic mass is 35.5. The maximum Gasteiger partial charge on any atom is 0.0623 e. The normalized spacial score (nSPS) is 27.9. The summed E-state index contributed by atoms with van der Waals surface area (Å²) in [5.74, 6) is 0.666. The lowest BCUT2D eigenvalue weighted by atomic mass is 9.93. The van der Waals surface area contributed by atoms with E-state index >= 15 is 0 Å². The van der Waals surface area contributed by atoms with Crippen LogP contribution in [0.25, 0.3) is 0 Å². The summed E-state index contributed by atoms with van der Waals surface area (Å²) in [6, 6.07) is 9.53. The van der Waals surface area contributed by atoms with E-state index in [1.54, 1.807) is 0 Å². The largest absolute Gasteiger partial charge is 0.379 e. The second-order valence-electron chi connectivity index (χ2n) is 7.25. The second kappa shape index (κ2) is 10.1. The minimum atomic E-state index is 0. The van der Waals surface area contributed by atoms with Gasteiger partial charge >= 0.3 is 0 Å². The summed E-state index contributed by atoms with van der Waals surface area (Å²) in [7, 11) is 4.25. The lowest BCUT2D eigenvalue weighted by molar-refractivity contribution is 0.0520. The van der Waals surface area contributed by atoms with E-state index in [0.29, 0.717) is 18.0 Å². The zero-order chi connectivity index (χ0) is 16.9. The van der Waals surface area contributed by atoms with E-state index in [2.05, 4.69) is 41.8 Å². The van der Waals surface area contributed by atoms with Gasteiger partial charge in [0.2, 0.25) is 0 Å². The molecule has 6 heteroatoms. The Labute approximate surface area is 163 Å². The summed E-state index contributed by atoms with van der Waals surface area (Å²) < 4.78 is 5.68. The molecule has 4 nitrogen and oxygen atoms in total. The minimum absolute atomic E-state index is 0. The SMILES string of the molecule is CN(C)C(CNC1CCCC1C1COCCN1)c1ccccc1Cl.Cl. The fourth-order valence-electron chi connectivity index (χ4n) is 4.16. The molecule has 4 atom stereocenters. The van der Waals surface area contributed by atoms with Gasteiger partial charge in [0, 0.05) is 36.2 Å². The first-order valence-corrected chi connectivity index (χ1v) is 9.50. The summed E-state index contributed by atoms with van der Waals surface area (Å²) >= 11 is 6.43. The zero-order valence-corrected chi connectivity index (χ0v) is 16.8. The number of ether oxygens (including phenoxy) is 1. The molecule has 1 aromatic rings. The first-order chi connectivity index (χ1) is 11.7. The minimum Gasteiger partial charge on any atom is -0.379 e. The molecule has 25 heavy (non-hydrogen) atoms. The maximum atomic E-state index is 6.43. The van der Waals surface area contributed by atoms with Crippen molar-refractivity contribution in [1.29, 1.82) is 0 Å². The number of rotatable bonds is 6. The Balaban J connectivity index is 0.00000225. The molecule has 0 aromatic heterocycles. The van der Waals surface area contributed by atoms with Gasteiger partial charge in [-0.2, -0.15) is 0 Å². The van der Waals surface area contributed by atoms with Crippen LogP contribution in [-0.2, 0) is 4.74 Å². The Morgan fingerprint density at radius 3 is 2.80 bits per heavy atom. The van der Waals surface area contributed by atoms with Crippen molar-refractivity contribution in [3.63, 3.8) is 0 Å². The van der Waals surface area contributed by atoms with Crippen LogP contribution in [0, 0.1) is 5.92 Å². The number of nitrogens with zero attached hydrogens (tertiary/aromatic N) is 1. The van der Waals surface area contributed by atoms with Crippen LogP contribution in [0.1, 0.15) is 30.9 Å². The fourth-order valence-corrected chi connectivity index (χ4v) is 4.43. The molecule has 4 unspecified atom stereocenters. The molecular weight excluding hydrogens is 357 g/mol. The predicted octanol–water partition coefficient (Wildman–Crippen LogP) is 3.11. The Bertz CT molecular complexity index is 523. The summed E-state index contributed by atoms with van der Waals surface area (Å²) in [5, 5.41) is 8.34. The molecule has 3 rings (SSSR count). The lowest BCUT2D eigenvalue weighted by Gasteiger charge is -2.34. The van der Waals surface area contributed by atoms with Crippen molar-refractivity contribution in [2.24, 2.45) is 5.92 Å². The van der Waals surface area contributed by atoms with Crippen molar-refractivity contribution >= 4 is 24.0 Å². The average Bonchev–Trinajstić information content (AvgIpc) is 3.06. The monoisotopic (exact) mass is 387 g/mol. The molecular formula is C19H31Cl2N3O. The molecule has 2 aliphatic rings. The topological polar surface area (TPSA) is 36.5 Å². The summed E-state index contributed by atoms with van der Waals surface area (Å²) in [6.07, 6.45) is 3.85. The molecule has 1 heterocycles. The van der Waals surface area contributed by atoms with E-state index in [0.717, 1.165) is 31.3 Å². The third kappa shape index (κ3) is 5.31. The van der Waals surface area contributed by atoms with E-state index < -0.39 is 0 Å². The molecule has 1 saturated heterocycles. The summed E-state index contributed by atoms with van der Waals surface area (Å²) in [4.78, 5) is 2.25. The molecule has 2 N–H and O–H groups in total. The van der Waals surface area contributed by atoms with E-state index in [1.165, 1.54) is 24.8 Å². The van der Waals surface area contributed by atoms with Gasteiger partial charge in [-0.15, -0.1) is 12.4 Å². The standard InChI is InChI=1S/C19H30ClN3O.ClH/c1-23(2)19(14-6-3-4-8-16(14)20)12-22-17-9-5-7-15(17)18-13-24-11-10-21-18;/h3-4,6,8,15,17-19,21-22H,5,7,9-13H2,1-2H3;1H. The number of morpholine rings is 1. The van der Waals surface area contributed by atoms with Crippen LogP contribution in [0.3, 0.4) is 0 Å². The maximum absolute atomic E-state index is 6.43. The molecule has 1 aliphatic carbocycles. The van der Waals surface area contributed by atoms with Crippen molar-refractivity contribution in [2.45, 2.75) is 37.4 Å². The number of halogens is 2. The summed E-state index contributed by atoms with van der Waals surface area (Å²) in [6.45, 7) is 3.60. The van der Waals surface area contributed by atoms with Crippen LogP contribution < -0.4 is 10.6 Å². The molecule has 1 saturated carbocycles. The van der Waals surface area contributed by atoms with Gasteiger partial charge in [-0.1, -0.05) is 36.2 Å². The van der Waals surface area contributed by atoms with Gasteiger partial charge in [-0.25, -0.2) is 0 Å². The van der Waals surface area contributed by atoms with Crippen molar-refractivity contribution in [1.82, 2.24) is 15.5 Å². The number of nitrogens with one attached hydrogen (secondary N) is 2. The van der Waals surface area contributed by atoms with Gasteiger partial charge in [-0.05, 0) is 44.5 Å². The van der Waals surface area contributed by atoms with Crippen LogP contribution >= 0.6 is 24.0 Å². The van der Waals surface area contributed by atoms with Gasteiger partial charge in [-0.3, -0.25) is 0 Å². The quantitative estimate of drug-likeness (QED) is 0.785. The Morgan fingerprint density at radius 1 is 1.32 bits per heavy atom. The van der Waals surface area contributed by atoms with Gasteiger partial charge in [0.25, 0.3) is 0 Å². The third-order valence-electron chi connectivity index (χ3n) is 5.50. The van der Waals surface area contributed by atoms with Crippen molar-refractivity contribution in [2.75, 3.05) is 40.4 Å². The fraction of sp³-hybridized carbons (Fsp3) is 0.684. The third-order valence-corrected chi connectivity index (χ3v) is 5.84. The molecule has 1 aromatic carbocycles. The van der Waals surface area contributed by atoms with E-state index in [9.17, 15) is 0 Å². The Hall–Kier alpha value is -0.360. The van der Waals surface area contributed by atoms with E-state index in [4.69, 9.17) is 16.3 Å². The molecule has 0 bridgehead atoms. The number of hydrogen-bond acceptors (Lipinski definition) is 4. The molecule has 142 valence electrons. The first kappa shape index (κ1) is 20.9. The van der Waals surface area contributed by atoms with E-state index in [1.807, 2.05) is 12.1 Å². The molecule has 0 spiro atoms. The first-order valence-electron chi connectivity index (χ1n) is 9.12. The van der Waals surface area contributed by atoms with Crippen molar-refractivity contribution < 1.29 is 4.74 Å². The van der Waals surface area contributed by atoms with Crippen LogP contribution in [0.4, 0.5) is 0 Å². The zero-order valence-electron chi connectivity index (χ0n) is 15.2. The Kier molecular flexibility index (Phi) is 8.46. The molecule has 1 aliphatic heterocycles. The van der Waals surface area contributed by atoms with Gasteiger partial charge < -0.3 is 20.3 Å². The van der Waals surface area contributed by atoms with Crippen molar-refractivity contribution in [3.8, 4) is 0 Å². The Morgan fingerprint density at radius 2 is 2.12 bits per heavy atom. The lowest BCUT2D eigenvalue weighted by Crippen LogP contribution is -2.51. The van der Waals surface area contributed by atoms with Gasteiger partial charge in [0.15, 0.2) is 0 Å². The van der Waals surface area contributed by atoms with E-state index in [-0.39, 0.29) is 18.4 Å². The van der Waals surface area contributed by atoms with Crippen molar-refractivity contribution in [3.05, 3.63) is 34.9 Å². The highest BCUT2D eigenvalue weighted by molar-refractivity contribution is 6.31. The predicted molar refractivity (Wildman–Crippen MR) is 107 cm³/mol.